The third-order valence-electron chi connectivity index (χ3n) is 2.86. The highest BCUT2D eigenvalue weighted by Gasteiger charge is 2.21. The summed E-state index contributed by atoms with van der Waals surface area (Å²) >= 11 is 0. The maximum Gasteiger partial charge on any atom is 0.178 e. The van der Waals surface area contributed by atoms with Gasteiger partial charge >= 0.3 is 0 Å². The minimum Gasteiger partial charge on any atom is -0.299 e. The molecule has 0 aliphatic rings. The summed E-state index contributed by atoms with van der Waals surface area (Å²) in [7, 11) is -3.16. The van der Waals surface area contributed by atoms with E-state index >= 15 is 0 Å². The van der Waals surface area contributed by atoms with Crippen molar-refractivity contribution >= 4 is 15.6 Å². The van der Waals surface area contributed by atoms with E-state index < -0.39 is 9.84 Å². The zero-order valence-corrected chi connectivity index (χ0v) is 12.2. The van der Waals surface area contributed by atoms with E-state index in [0.29, 0.717) is 11.3 Å². The van der Waals surface area contributed by atoms with E-state index in [-0.39, 0.29) is 17.0 Å². The van der Waals surface area contributed by atoms with Crippen LogP contribution in [0.2, 0.25) is 0 Å². The molecule has 0 aliphatic carbocycles. The Kier molecular flexibility index (Phi) is 4.32. The highest BCUT2D eigenvalue weighted by Crippen LogP contribution is 2.19. The van der Waals surface area contributed by atoms with Gasteiger partial charge in [-0.15, -0.1) is 0 Å². The average molecular weight is 268 g/mol. The molecule has 0 amide bonds. The lowest BCUT2D eigenvalue weighted by Crippen LogP contribution is -2.22. The van der Waals surface area contributed by atoms with Gasteiger partial charge in [0, 0.05) is 11.8 Å². The largest absolute Gasteiger partial charge is 0.299 e. The molecule has 0 saturated heterocycles. The van der Waals surface area contributed by atoms with Crippen LogP contribution in [-0.2, 0) is 21.1 Å². The molecule has 0 aliphatic heterocycles. The van der Waals surface area contributed by atoms with Gasteiger partial charge in [0.2, 0.25) is 0 Å². The van der Waals surface area contributed by atoms with Crippen LogP contribution < -0.4 is 0 Å². The number of benzene rings is 1. The van der Waals surface area contributed by atoms with Crippen molar-refractivity contribution in [2.45, 2.75) is 39.0 Å². The van der Waals surface area contributed by atoms with Crippen LogP contribution in [-0.4, -0.2) is 20.0 Å². The molecule has 100 valence electrons. The SMILES string of the molecule is CCS(=O)(=O)c1ccc(CC(=O)C(C)(C)C)cc1. The zero-order chi connectivity index (χ0) is 14.0. The summed E-state index contributed by atoms with van der Waals surface area (Å²) in [6, 6.07) is 6.58. The second kappa shape index (κ2) is 5.22. The van der Waals surface area contributed by atoms with Gasteiger partial charge in [-0.1, -0.05) is 39.8 Å². The number of rotatable bonds is 4. The van der Waals surface area contributed by atoms with Gasteiger partial charge in [0.15, 0.2) is 9.84 Å². The molecule has 1 rings (SSSR count). The van der Waals surface area contributed by atoms with E-state index in [4.69, 9.17) is 0 Å². The molecule has 0 atom stereocenters. The van der Waals surface area contributed by atoms with Crippen LogP contribution in [0.15, 0.2) is 29.2 Å². The fourth-order valence-corrected chi connectivity index (χ4v) is 2.32. The normalized spacial score (nSPS) is 12.4. The Labute approximate surface area is 109 Å². The number of hydrogen-bond donors (Lipinski definition) is 0. The van der Waals surface area contributed by atoms with E-state index in [2.05, 4.69) is 0 Å². The monoisotopic (exact) mass is 268 g/mol. The van der Waals surface area contributed by atoms with Crippen LogP contribution >= 0.6 is 0 Å². The number of sulfone groups is 1. The van der Waals surface area contributed by atoms with E-state index in [1.807, 2.05) is 20.8 Å². The van der Waals surface area contributed by atoms with Crippen molar-refractivity contribution in [3.8, 4) is 0 Å². The van der Waals surface area contributed by atoms with Crippen LogP contribution in [0.25, 0.3) is 0 Å². The van der Waals surface area contributed by atoms with E-state index in [1.54, 1.807) is 31.2 Å². The van der Waals surface area contributed by atoms with Crippen LogP contribution in [0.3, 0.4) is 0 Å². The Hall–Kier alpha value is -1.16. The van der Waals surface area contributed by atoms with Crippen LogP contribution in [0.4, 0.5) is 0 Å². The summed E-state index contributed by atoms with van der Waals surface area (Å²) in [5.41, 5.74) is 0.485. The van der Waals surface area contributed by atoms with Crippen molar-refractivity contribution in [3.05, 3.63) is 29.8 Å². The van der Waals surface area contributed by atoms with Crippen LogP contribution in [0.5, 0.6) is 0 Å². The summed E-state index contributed by atoms with van der Waals surface area (Å²) in [6.45, 7) is 7.26. The average Bonchev–Trinajstić information content (AvgIpc) is 2.28. The summed E-state index contributed by atoms with van der Waals surface area (Å²) in [5.74, 6) is 0.237. The Morgan fingerprint density at radius 2 is 1.61 bits per heavy atom. The fourth-order valence-electron chi connectivity index (χ4n) is 1.43. The first kappa shape index (κ1) is 14.9. The lowest BCUT2D eigenvalue weighted by molar-refractivity contribution is -0.125. The lowest BCUT2D eigenvalue weighted by atomic mass is 9.87. The summed E-state index contributed by atoms with van der Waals surface area (Å²) in [6.07, 6.45) is 0.343. The first-order valence-electron chi connectivity index (χ1n) is 6.02. The number of carbonyl (C=O) groups is 1. The second-order valence-electron chi connectivity index (χ2n) is 5.40. The lowest BCUT2D eigenvalue weighted by Gasteiger charge is -2.16. The highest BCUT2D eigenvalue weighted by molar-refractivity contribution is 7.91. The molecule has 1 aromatic rings. The van der Waals surface area contributed by atoms with E-state index in [9.17, 15) is 13.2 Å². The topological polar surface area (TPSA) is 51.2 Å². The third kappa shape index (κ3) is 3.67. The number of Topliss-reactive ketones (excluding diaryl/α,β-unsaturated/α-hetero) is 1. The standard InChI is InChI=1S/C14H20O3S/c1-5-18(16,17)12-8-6-11(7-9-12)10-13(15)14(2,3)4/h6-9H,5,10H2,1-4H3. The van der Waals surface area contributed by atoms with Crippen LogP contribution in [0, 0.1) is 5.41 Å². The fraction of sp³-hybridized carbons (Fsp3) is 0.500. The molecule has 18 heavy (non-hydrogen) atoms. The van der Waals surface area contributed by atoms with Gasteiger partial charge in [-0.3, -0.25) is 4.79 Å². The van der Waals surface area contributed by atoms with Gasteiger partial charge in [0.1, 0.15) is 5.78 Å². The minimum atomic E-state index is -3.16. The molecule has 0 heterocycles. The molecule has 0 unspecified atom stereocenters. The van der Waals surface area contributed by atoms with Gasteiger partial charge in [0.25, 0.3) is 0 Å². The van der Waals surface area contributed by atoms with E-state index in [0.717, 1.165) is 5.56 Å². The zero-order valence-electron chi connectivity index (χ0n) is 11.4. The van der Waals surface area contributed by atoms with Gasteiger partial charge in [0.05, 0.1) is 10.6 Å². The second-order valence-corrected chi connectivity index (χ2v) is 7.68. The molecule has 1 aromatic carbocycles. The van der Waals surface area contributed by atoms with Gasteiger partial charge in [-0.2, -0.15) is 0 Å². The summed E-state index contributed by atoms with van der Waals surface area (Å²) in [5, 5.41) is 0. The number of ketones is 1. The Bertz CT molecular complexity index is 519. The molecule has 0 aromatic heterocycles. The first-order valence-corrected chi connectivity index (χ1v) is 7.67. The van der Waals surface area contributed by atoms with Crippen molar-refractivity contribution in [1.29, 1.82) is 0 Å². The quantitative estimate of drug-likeness (QED) is 0.843. The first-order chi connectivity index (χ1) is 8.16. The van der Waals surface area contributed by atoms with Crippen molar-refractivity contribution in [1.82, 2.24) is 0 Å². The minimum absolute atomic E-state index is 0.0905. The Morgan fingerprint density at radius 3 is 2.00 bits per heavy atom. The number of carbonyl (C=O) groups excluding carboxylic acids is 1. The Balaban J connectivity index is 2.89. The molecule has 0 fully saturated rings. The molecule has 0 bridgehead atoms. The van der Waals surface area contributed by atoms with Gasteiger partial charge < -0.3 is 0 Å². The van der Waals surface area contributed by atoms with Crippen molar-refractivity contribution in [2.75, 3.05) is 5.75 Å². The third-order valence-corrected chi connectivity index (χ3v) is 4.61. The van der Waals surface area contributed by atoms with E-state index in [1.165, 1.54) is 0 Å². The van der Waals surface area contributed by atoms with Crippen molar-refractivity contribution < 1.29 is 13.2 Å². The predicted molar refractivity (Wildman–Crippen MR) is 72.3 cm³/mol. The summed E-state index contributed by atoms with van der Waals surface area (Å²) < 4.78 is 23.3. The Morgan fingerprint density at radius 1 is 1.11 bits per heavy atom. The predicted octanol–water partition coefficient (Wildman–Crippen LogP) is 2.64. The maximum atomic E-state index is 11.9. The van der Waals surface area contributed by atoms with Crippen molar-refractivity contribution in [3.63, 3.8) is 0 Å². The molecule has 3 nitrogen and oxygen atoms in total. The van der Waals surface area contributed by atoms with Crippen molar-refractivity contribution in [2.24, 2.45) is 5.41 Å². The van der Waals surface area contributed by atoms with Gasteiger partial charge in [-0.25, -0.2) is 8.42 Å². The van der Waals surface area contributed by atoms with Crippen LogP contribution in [0.1, 0.15) is 33.3 Å². The molecule has 0 saturated carbocycles. The highest BCUT2D eigenvalue weighted by atomic mass is 32.2. The molecule has 0 radical (unpaired) electrons. The number of hydrogen-bond acceptors (Lipinski definition) is 3. The molecule has 4 heteroatoms. The molecular weight excluding hydrogens is 248 g/mol. The maximum absolute atomic E-state index is 11.9. The summed E-state index contributed by atoms with van der Waals surface area (Å²) in [4.78, 5) is 12.2. The molecule has 0 spiro atoms. The van der Waals surface area contributed by atoms with Gasteiger partial charge in [-0.05, 0) is 17.7 Å². The smallest absolute Gasteiger partial charge is 0.178 e. The molecular formula is C14H20O3S. The molecule has 0 N–H and O–H groups in total.